The van der Waals surface area contributed by atoms with Gasteiger partial charge in [-0.05, 0) is 61.4 Å². The van der Waals surface area contributed by atoms with Crippen molar-refractivity contribution in [1.29, 1.82) is 0 Å². The third-order valence-corrected chi connectivity index (χ3v) is 6.60. The third-order valence-electron chi connectivity index (χ3n) is 6.60. The Bertz CT molecular complexity index is 1030. The maximum atomic E-state index is 12.8. The highest BCUT2D eigenvalue weighted by atomic mass is 19.4. The lowest BCUT2D eigenvalue weighted by Gasteiger charge is -2.46. The van der Waals surface area contributed by atoms with E-state index in [1.165, 1.54) is 17.7 Å². The molecule has 1 saturated heterocycles. The van der Waals surface area contributed by atoms with E-state index in [-0.39, 0.29) is 24.1 Å². The molecular weight excluding hydrogens is 447 g/mol. The molecule has 0 bridgehead atoms. The van der Waals surface area contributed by atoms with Crippen molar-refractivity contribution in [3.05, 3.63) is 59.4 Å². The number of amides is 2. The Kier molecular flexibility index (Phi) is 7.06. The molecule has 0 spiro atoms. The SMILES string of the molecule is Nc1cncc([C@H]2CC[C@@H](N3CC(NC(=O)CNC(=O)c4cccc(C(F)(F)F)c4)C3)CC2)c1. The van der Waals surface area contributed by atoms with Gasteiger partial charge in [-0.1, -0.05) is 6.07 Å². The quantitative estimate of drug-likeness (QED) is 0.597. The molecule has 1 aromatic heterocycles. The minimum Gasteiger partial charge on any atom is -0.397 e. The van der Waals surface area contributed by atoms with Crippen LogP contribution in [0.5, 0.6) is 0 Å². The van der Waals surface area contributed by atoms with Crippen LogP contribution in [0.15, 0.2) is 42.7 Å². The van der Waals surface area contributed by atoms with Crippen LogP contribution in [0.4, 0.5) is 18.9 Å². The number of carbonyl (C=O) groups excluding carboxylic acids is 2. The molecule has 2 amide bonds. The predicted octanol–water partition coefficient (Wildman–Crippen LogP) is 2.94. The lowest BCUT2D eigenvalue weighted by atomic mass is 9.80. The molecule has 4 rings (SSSR count). The number of nitrogens with one attached hydrogen (secondary N) is 2. The van der Waals surface area contributed by atoms with E-state index in [1.54, 1.807) is 6.20 Å². The van der Waals surface area contributed by atoms with Crippen LogP contribution in [0.25, 0.3) is 0 Å². The highest BCUT2D eigenvalue weighted by Crippen LogP contribution is 2.36. The number of benzene rings is 1. The van der Waals surface area contributed by atoms with Crippen molar-refractivity contribution >= 4 is 17.5 Å². The first-order valence-electron chi connectivity index (χ1n) is 11.4. The van der Waals surface area contributed by atoms with Crippen molar-refractivity contribution in [2.75, 3.05) is 25.4 Å². The zero-order chi connectivity index (χ0) is 24.3. The molecule has 1 saturated carbocycles. The Labute approximate surface area is 195 Å². The molecule has 182 valence electrons. The fourth-order valence-corrected chi connectivity index (χ4v) is 4.75. The number of nitrogen functional groups attached to an aromatic ring is 1. The van der Waals surface area contributed by atoms with E-state index >= 15 is 0 Å². The number of hydrogen-bond acceptors (Lipinski definition) is 5. The number of aromatic nitrogens is 1. The molecule has 2 aromatic rings. The second kappa shape index (κ2) is 10.0. The number of rotatable bonds is 6. The van der Waals surface area contributed by atoms with Crippen LogP contribution < -0.4 is 16.4 Å². The number of hydrogen-bond donors (Lipinski definition) is 3. The number of anilines is 1. The molecule has 0 radical (unpaired) electrons. The van der Waals surface area contributed by atoms with Crippen molar-refractivity contribution in [3.63, 3.8) is 0 Å². The topological polar surface area (TPSA) is 100 Å². The standard InChI is InChI=1S/C24H28F3N5O2/c25-24(26,27)18-3-1-2-16(8-18)23(34)30-12-22(33)31-20-13-32(14-20)21-6-4-15(5-7-21)17-9-19(28)11-29-10-17/h1-3,8-11,15,20-21H,4-7,12-14,28H2,(H,30,34)(H,31,33)/t15-,21+. The van der Waals surface area contributed by atoms with E-state index in [4.69, 9.17) is 5.73 Å². The summed E-state index contributed by atoms with van der Waals surface area (Å²) in [4.78, 5) is 30.9. The minimum atomic E-state index is -4.53. The fraction of sp³-hybridized carbons (Fsp3) is 0.458. The molecule has 2 heterocycles. The number of nitrogens with two attached hydrogens (primary N) is 1. The van der Waals surface area contributed by atoms with E-state index in [2.05, 4.69) is 20.5 Å². The van der Waals surface area contributed by atoms with Gasteiger partial charge in [0, 0.05) is 37.1 Å². The van der Waals surface area contributed by atoms with Gasteiger partial charge in [0.25, 0.3) is 5.91 Å². The van der Waals surface area contributed by atoms with Gasteiger partial charge < -0.3 is 16.4 Å². The number of pyridine rings is 1. The molecule has 0 unspecified atom stereocenters. The highest BCUT2D eigenvalue weighted by molar-refractivity contribution is 5.96. The van der Waals surface area contributed by atoms with Crippen molar-refractivity contribution in [1.82, 2.24) is 20.5 Å². The first kappa shape index (κ1) is 24.0. The highest BCUT2D eigenvalue weighted by Gasteiger charge is 2.35. The molecule has 1 aliphatic carbocycles. The van der Waals surface area contributed by atoms with Crippen molar-refractivity contribution in [2.45, 2.75) is 49.9 Å². The zero-order valence-electron chi connectivity index (χ0n) is 18.6. The maximum absolute atomic E-state index is 12.8. The van der Waals surface area contributed by atoms with Crippen LogP contribution in [-0.4, -0.2) is 53.4 Å². The minimum absolute atomic E-state index is 0.00815. The molecule has 2 aliphatic rings. The summed E-state index contributed by atoms with van der Waals surface area (Å²) in [7, 11) is 0. The van der Waals surface area contributed by atoms with Crippen LogP contribution in [0, 0.1) is 0 Å². The summed E-state index contributed by atoms with van der Waals surface area (Å²) in [6.45, 7) is 1.22. The van der Waals surface area contributed by atoms with Gasteiger partial charge >= 0.3 is 6.18 Å². The van der Waals surface area contributed by atoms with Gasteiger partial charge in [0.1, 0.15) is 0 Å². The van der Waals surface area contributed by atoms with Crippen LogP contribution >= 0.6 is 0 Å². The fourth-order valence-electron chi connectivity index (χ4n) is 4.75. The lowest BCUT2D eigenvalue weighted by Crippen LogP contribution is -2.63. The second-order valence-corrected chi connectivity index (χ2v) is 9.04. The molecule has 4 N–H and O–H groups in total. The summed E-state index contributed by atoms with van der Waals surface area (Å²) in [6, 6.07) is 6.61. The number of halogens is 3. The van der Waals surface area contributed by atoms with Gasteiger partial charge in [-0.25, -0.2) is 0 Å². The van der Waals surface area contributed by atoms with Crippen molar-refractivity contribution in [3.8, 4) is 0 Å². The first-order valence-corrected chi connectivity index (χ1v) is 11.4. The van der Waals surface area contributed by atoms with E-state index in [9.17, 15) is 22.8 Å². The maximum Gasteiger partial charge on any atom is 0.416 e. The first-order chi connectivity index (χ1) is 16.2. The Morgan fingerprint density at radius 1 is 1.09 bits per heavy atom. The number of nitrogens with zero attached hydrogens (tertiary/aromatic N) is 2. The Balaban J connectivity index is 1.16. The molecule has 10 heteroatoms. The summed E-state index contributed by atoms with van der Waals surface area (Å²) < 4.78 is 38.4. The van der Waals surface area contributed by atoms with Gasteiger partial charge in [0.05, 0.1) is 23.8 Å². The monoisotopic (exact) mass is 475 g/mol. The second-order valence-electron chi connectivity index (χ2n) is 9.04. The molecule has 0 atom stereocenters. The molecule has 34 heavy (non-hydrogen) atoms. The summed E-state index contributed by atoms with van der Waals surface area (Å²) in [6.07, 6.45) is 3.31. The Morgan fingerprint density at radius 2 is 1.82 bits per heavy atom. The Hall–Kier alpha value is -3.14. The summed E-state index contributed by atoms with van der Waals surface area (Å²) >= 11 is 0. The van der Waals surface area contributed by atoms with Crippen LogP contribution in [0.3, 0.4) is 0 Å². The molecule has 1 aromatic carbocycles. The van der Waals surface area contributed by atoms with Gasteiger partial charge in [-0.15, -0.1) is 0 Å². The van der Waals surface area contributed by atoms with Crippen LogP contribution in [0.1, 0.15) is 53.1 Å². The van der Waals surface area contributed by atoms with Crippen molar-refractivity contribution in [2.24, 2.45) is 0 Å². The normalized spacial score (nSPS) is 21.5. The van der Waals surface area contributed by atoms with E-state index < -0.39 is 17.6 Å². The molecule has 1 aliphatic heterocycles. The number of alkyl halides is 3. The Morgan fingerprint density at radius 3 is 2.50 bits per heavy atom. The van der Waals surface area contributed by atoms with Crippen molar-refractivity contribution < 1.29 is 22.8 Å². The lowest BCUT2D eigenvalue weighted by molar-refractivity contribution is -0.137. The van der Waals surface area contributed by atoms with Gasteiger partial charge in [-0.2, -0.15) is 13.2 Å². The van der Waals surface area contributed by atoms with Gasteiger partial charge in [0.2, 0.25) is 5.91 Å². The van der Waals surface area contributed by atoms with E-state index in [0.717, 1.165) is 50.9 Å². The number of carbonyl (C=O) groups is 2. The molecule has 7 nitrogen and oxygen atoms in total. The van der Waals surface area contributed by atoms with Gasteiger partial charge in [-0.3, -0.25) is 19.5 Å². The predicted molar refractivity (Wildman–Crippen MR) is 121 cm³/mol. The zero-order valence-corrected chi connectivity index (χ0v) is 18.6. The van der Waals surface area contributed by atoms with Crippen LogP contribution in [0.2, 0.25) is 0 Å². The van der Waals surface area contributed by atoms with E-state index in [0.29, 0.717) is 17.6 Å². The third kappa shape index (κ3) is 5.85. The summed E-state index contributed by atoms with van der Waals surface area (Å²) in [5.74, 6) is -0.601. The average Bonchev–Trinajstić information content (AvgIpc) is 2.79. The van der Waals surface area contributed by atoms with Crippen LogP contribution in [-0.2, 0) is 11.0 Å². The average molecular weight is 476 g/mol. The van der Waals surface area contributed by atoms with Gasteiger partial charge in [0.15, 0.2) is 0 Å². The number of likely N-dealkylation sites (tertiary alicyclic amines) is 1. The summed E-state index contributed by atoms with van der Waals surface area (Å²) in [5.41, 5.74) is 6.69. The largest absolute Gasteiger partial charge is 0.416 e. The van der Waals surface area contributed by atoms with E-state index in [1.807, 2.05) is 12.3 Å². The summed E-state index contributed by atoms with van der Waals surface area (Å²) in [5, 5.41) is 5.26. The molecule has 2 fully saturated rings. The molecular formula is C24H28F3N5O2. The smallest absolute Gasteiger partial charge is 0.397 e.